The normalized spacial score (nSPS) is 17.2. The predicted molar refractivity (Wildman–Crippen MR) is 84.5 cm³/mol. The number of benzene rings is 2. The highest BCUT2D eigenvalue weighted by atomic mass is 15.1. The molecule has 0 aromatic heterocycles. The number of piperidine rings is 1. The quantitative estimate of drug-likeness (QED) is 0.859. The molecule has 1 fully saturated rings. The summed E-state index contributed by atoms with van der Waals surface area (Å²) in [5, 5.41) is 0. The van der Waals surface area contributed by atoms with Gasteiger partial charge >= 0.3 is 0 Å². The average Bonchev–Trinajstić information content (AvgIpc) is 2.50. The lowest BCUT2D eigenvalue weighted by atomic mass is 9.89. The van der Waals surface area contributed by atoms with Crippen molar-refractivity contribution in [3.05, 3.63) is 65.7 Å². The Kier molecular flexibility index (Phi) is 4.03. The van der Waals surface area contributed by atoms with Crippen molar-refractivity contribution >= 4 is 5.69 Å². The standard InChI is InChI=1S/C18H22N2/c19-18-8-6-16(7-9-18)17-10-12-20(13-11-17)14-15-4-2-1-3-5-15/h1-9,17H,10-14,19H2. The Balaban J connectivity index is 1.55. The van der Waals surface area contributed by atoms with Gasteiger partial charge in [0.2, 0.25) is 0 Å². The second-order valence-electron chi connectivity index (χ2n) is 5.70. The van der Waals surface area contributed by atoms with Crippen molar-refractivity contribution in [2.24, 2.45) is 0 Å². The van der Waals surface area contributed by atoms with Crippen LogP contribution in [0.3, 0.4) is 0 Å². The van der Waals surface area contributed by atoms with Crippen LogP contribution in [-0.4, -0.2) is 18.0 Å². The number of nitrogens with two attached hydrogens (primary N) is 1. The van der Waals surface area contributed by atoms with Crippen molar-refractivity contribution in [3.8, 4) is 0 Å². The summed E-state index contributed by atoms with van der Waals surface area (Å²) in [5.41, 5.74) is 9.47. The van der Waals surface area contributed by atoms with Crippen LogP contribution in [0, 0.1) is 0 Å². The SMILES string of the molecule is Nc1ccc(C2CCN(Cc3ccccc3)CC2)cc1. The van der Waals surface area contributed by atoms with E-state index in [0.29, 0.717) is 5.92 Å². The monoisotopic (exact) mass is 266 g/mol. The van der Waals surface area contributed by atoms with Crippen LogP contribution in [0.25, 0.3) is 0 Å². The minimum absolute atomic E-state index is 0.697. The summed E-state index contributed by atoms with van der Waals surface area (Å²) in [5.74, 6) is 0.697. The van der Waals surface area contributed by atoms with E-state index in [-0.39, 0.29) is 0 Å². The number of hydrogen-bond donors (Lipinski definition) is 1. The van der Waals surface area contributed by atoms with Crippen molar-refractivity contribution in [2.45, 2.75) is 25.3 Å². The molecule has 0 spiro atoms. The molecule has 2 aromatic carbocycles. The van der Waals surface area contributed by atoms with E-state index < -0.39 is 0 Å². The molecule has 0 saturated carbocycles. The molecule has 0 unspecified atom stereocenters. The van der Waals surface area contributed by atoms with E-state index in [1.807, 2.05) is 12.1 Å². The van der Waals surface area contributed by atoms with Crippen LogP contribution in [0.2, 0.25) is 0 Å². The molecule has 1 aliphatic heterocycles. The van der Waals surface area contributed by atoms with Gasteiger partial charge in [-0.05, 0) is 55.1 Å². The van der Waals surface area contributed by atoms with Crippen molar-refractivity contribution in [1.29, 1.82) is 0 Å². The fourth-order valence-electron chi connectivity index (χ4n) is 3.03. The first-order valence-electron chi connectivity index (χ1n) is 7.43. The lowest BCUT2D eigenvalue weighted by Crippen LogP contribution is -2.32. The van der Waals surface area contributed by atoms with E-state index >= 15 is 0 Å². The Morgan fingerprint density at radius 3 is 2.20 bits per heavy atom. The van der Waals surface area contributed by atoms with Crippen molar-refractivity contribution < 1.29 is 0 Å². The molecule has 3 rings (SSSR count). The molecule has 2 aromatic rings. The van der Waals surface area contributed by atoms with Gasteiger partial charge in [-0.1, -0.05) is 42.5 Å². The Morgan fingerprint density at radius 1 is 0.900 bits per heavy atom. The summed E-state index contributed by atoms with van der Waals surface area (Å²) < 4.78 is 0. The van der Waals surface area contributed by atoms with Crippen LogP contribution in [0.15, 0.2) is 54.6 Å². The predicted octanol–water partition coefficient (Wildman–Crippen LogP) is 3.65. The third-order valence-electron chi connectivity index (χ3n) is 4.24. The van der Waals surface area contributed by atoms with Gasteiger partial charge in [0.1, 0.15) is 0 Å². The Hall–Kier alpha value is -1.80. The summed E-state index contributed by atoms with van der Waals surface area (Å²) in [6.07, 6.45) is 2.49. The summed E-state index contributed by atoms with van der Waals surface area (Å²) in [6.45, 7) is 3.45. The molecule has 1 aliphatic rings. The molecule has 0 amide bonds. The fraction of sp³-hybridized carbons (Fsp3) is 0.333. The van der Waals surface area contributed by atoms with Gasteiger partial charge in [-0.15, -0.1) is 0 Å². The molecule has 0 aliphatic carbocycles. The van der Waals surface area contributed by atoms with Crippen LogP contribution >= 0.6 is 0 Å². The van der Waals surface area contributed by atoms with Gasteiger partial charge in [0.15, 0.2) is 0 Å². The van der Waals surface area contributed by atoms with Gasteiger partial charge in [-0.25, -0.2) is 0 Å². The minimum atomic E-state index is 0.697. The molecule has 1 heterocycles. The number of anilines is 1. The van der Waals surface area contributed by atoms with Gasteiger partial charge < -0.3 is 5.73 Å². The molecule has 0 atom stereocenters. The smallest absolute Gasteiger partial charge is 0.0314 e. The van der Waals surface area contributed by atoms with E-state index in [0.717, 1.165) is 12.2 Å². The van der Waals surface area contributed by atoms with Crippen LogP contribution < -0.4 is 5.73 Å². The van der Waals surface area contributed by atoms with Gasteiger partial charge in [0, 0.05) is 12.2 Å². The summed E-state index contributed by atoms with van der Waals surface area (Å²) in [6, 6.07) is 19.2. The van der Waals surface area contributed by atoms with Crippen molar-refractivity contribution in [3.63, 3.8) is 0 Å². The zero-order valence-electron chi connectivity index (χ0n) is 11.8. The van der Waals surface area contributed by atoms with Gasteiger partial charge in [-0.2, -0.15) is 0 Å². The number of nitrogens with zero attached hydrogens (tertiary/aromatic N) is 1. The molecule has 2 nitrogen and oxygen atoms in total. The number of rotatable bonds is 3. The van der Waals surface area contributed by atoms with E-state index in [4.69, 9.17) is 5.73 Å². The summed E-state index contributed by atoms with van der Waals surface area (Å²) in [7, 11) is 0. The average molecular weight is 266 g/mol. The molecule has 2 N–H and O–H groups in total. The second kappa shape index (κ2) is 6.10. The van der Waals surface area contributed by atoms with Gasteiger partial charge in [0.25, 0.3) is 0 Å². The van der Waals surface area contributed by atoms with E-state index in [2.05, 4.69) is 47.4 Å². The molecule has 1 saturated heterocycles. The topological polar surface area (TPSA) is 29.3 Å². The maximum atomic E-state index is 5.76. The Morgan fingerprint density at radius 2 is 1.55 bits per heavy atom. The van der Waals surface area contributed by atoms with Crippen molar-refractivity contribution in [2.75, 3.05) is 18.8 Å². The number of nitrogen functional groups attached to an aromatic ring is 1. The second-order valence-corrected chi connectivity index (χ2v) is 5.70. The highest BCUT2D eigenvalue weighted by Crippen LogP contribution is 2.29. The van der Waals surface area contributed by atoms with Gasteiger partial charge in [0.05, 0.1) is 0 Å². The fourth-order valence-corrected chi connectivity index (χ4v) is 3.03. The molecular weight excluding hydrogens is 244 g/mol. The van der Waals surface area contributed by atoms with Crippen LogP contribution in [0.5, 0.6) is 0 Å². The first-order chi connectivity index (χ1) is 9.81. The zero-order valence-corrected chi connectivity index (χ0v) is 11.8. The molecule has 0 bridgehead atoms. The highest BCUT2D eigenvalue weighted by molar-refractivity contribution is 5.40. The zero-order chi connectivity index (χ0) is 13.8. The first kappa shape index (κ1) is 13.2. The third kappa shape index (κ3) is 3.20. The molecule has 2 heteroatoms. The summed E-state index contributed by atoms with van der Waals surface area (Å²) >= 11 is 0. The van der Waals surface area contributed by atoms with Crippen LogP contribution in [-0.2, 0) is 6.54 Å². The summed E-state index contributed by atoms with van der Waals surface area (Å²) in [4.78, 5) is 2.56. The lowest BCUT2D eigenvalue weighted by molar-refractivity contribution is 0.204. The maximum absolute atomic E-state index is 5.76. The molecule has 20 heavy (non-hydrogen) atoms. The maximum Gasteiger partial charge on any atom is 0.0314 e. The molecule has 0 radical (unpaired) electrons. The number of hydrogen-bond acceptors (Lipinski definition) is 2. The lowest BCUT2D eigenvalue weighted by Gasteiger charge is -2.32. The molecular formula is C18H22N2. The Bertz CT molecular complexity index is 525. The van der Waals surface area contributed by atoms with Crippen LogP contribution in [0.4, 0.5) is 5.69 Å². The van der Waals surface area contributed by atoms with Crippen LogP contribution in [0.1, 0.15) is 29.9 Å². The van der Waals surface area contributed by atoms with E-state index in [1.165, 1.54) is 37.1 Å². The largest absolute Gasteiger partial charge is 0.399 e. The Labute approximate surface area is 121 Å². The third-order valence-corrected chi connectivity index (χ3v) is 4.24. The molecule has 104 valence electrons. The van der Waals surface area contributed by atoms with E-state index in [1.54, 1.807) is 0 Å². The van der Waals surface area contributed by atoms with Gasteiger partial charge in [-0.3, -0.25) is 4.90 Å². The highest BCUT2D eigenvalue weighted by Gasteiger charge is 2.20. The van der Waals surface area contributed by atoms with Crippen molar-refractivity contribution in [1.82, 2.24) is 4.90 Å². The minimum Gasteiger partial charge on any atom is -0.399 e. The first-order valence-corrected chi connectivity index (χ1v) is 7.43. The number of likely N-dealkylation sites (tertiary alicyclic amines) is 1. The van der Waals surface area contributed by atoms with E-state index in [9.17, 15) is 0 Å².